The van der Waals surface area contributed by atoms with Crippen LogP contribution in [0.4, 0.5) is 5.69 Å². The molecule has 0 saturated heterocycles. The maximum absolute atomic E-state index is 12.2. The van der Waals surface area contributed by atoms with E-state index in [1.165, 1.54) is 30.5 Å². The summed E-state index contributed by atoms with van der Waals surface area (Å²) in [6.07, 6.45) is 1.44. The van der Waals surface area contributed by atoms with Crippen molar-refractivity contribution in [2.24, 2.45) is 5.10 Å². The Morgan fingerprint density at radius 2 is 1.91 bits per heavy atom. The number of non-ortho nitro benzene ring substituents is 1. The summed E-state index contributed by atoms with van der Waals surface area (Å²) >= 11 is 6.01. The number of benzene rings is 3. The van der Waals surface area contributed by atoms with Gasteiger partial charge in [-0.2, -0.15) is 5.10 Å². The highest BCUT2D eigenvalue weighted by Gasteiger charge is 2.11. The molecule has 0 aliphatic heterocycles. The summed E-state index contributed by atoms with van der Waals surface area (Å²) in [7, 11) is 0. The van der Waals surface area contributed by atoms with Gasteiger partial charge in [-0.3, -0.25) is 14.9 Å². The van der Waals surface area contributed by atoms with Gasteiger partial charge in [0.1, 0.15) is 6.61 Å². The number of hydrogen-bond donors (Lipinski definition) is 1. The average Bonchev–Trinajstić information content (AvgIpc) is 2.79. The first-order chi connectivity index (χ1) is 15.5. The van der Waals surface area contributed by atoms with Crippen molar-refractivity contribution < 1.29 is 19.2 Å². The number of rotatable bonds is 9. The molecule has 0 fully saturated rings. The molecule has 3 aromatic rings. The van der Waals surface area contributed by atoms with Crippen LogP contribution in [-0.4, -0.2) is 23.7 Å². The standard InChI is InChI=1S/C23H20ClN3O5/c1-2-31-22-12-16(9-10-21(22)32-15-17-5-3-7-19(24)11-17)14-25-26-23(28)18-6-4-8-20(13-18)27(29)30/h3-14H,2,15H2,1H3,(H,26,28)/b25-14+. The van der Waals surface area contributed by atoms with Crippen LogP contribution in [0.25, 0.3) is 0 Å². The van der Waals surface area contributed by atoms with E-state index in [2.05, 4.69) is 10.5 Å². The largest absolute Gasteiger partial charge is 0.490 e. The zero-order chi connectivity index (χ0) is 22.9. The maximum Gasteiger partial charge on any atom is 0.271 e. The Balaban J connectivity index is 1.66. The smallest absolute Gasteiger partial charge is 0.271 e. The quantitative estimate of drug-likeness (QED) is 0.279. The molecule has 1 amide bonds. The first-order valence-electron chi connectivity index (χ1n) is 9.68. The zero-order valence-corrected chi connectivity index (χ0v) is 17.9. The van der Waals surface area contributed by atoms with Crippen LogP contribution in [0.1, 0.15) is 28.4 Å². The Bertz CT molecular complexity index is 1150. The summed E-state index contributed by atoms with van der Waals surface area (Å²) in [6.45, 7) is 2.63. The summed E-state index contributed by atoms with van der Waals surface area (Å²) in [4.78, 5) is 22.5. The number of ether oxygens (including phenoxy) is 2. The minimum Gasteiger partial charge on any atom is -0.490 e. The van der Waals surface area contributed by atoms with E-state index in [4.69, 9.17) is 21.1 Å². The van der Waals surface area contributed by atoms with Gasteiger partial charge in [0.25, 0.3) is 11.6 Å². The van der Waals surface area contributed by atoms with Gasteiger partial charge in [-0.05, 0) is 54.4 Å². The number of nitrogens with one attached hydrogen (secondary N) is 1. The molecule has 0 aromatic heterocycles. The van der Waals surface area contributed by atoms with Gasteiger partial charge >= 0.3 is 0 Å². The van der Waals surface area contributed by atoms with Crippen LogP contribution in [0, 0.1) is 10.1 Å². The summed E-state index contributed by atoms with van der Waals surface area (Å²) in [6, 6.07) is 18.0. The van der Waals surface area contributed by atoms with E-state index < -0.39 is 10.8 Å². The highest BCUT2D eigenvalue weighted by molar-refractivity contribution is 6.30. The van der Waals surface area contributed by atoms with E-state index >= 15 is 0 Å². The molecule has 0 aliphatic rings. The Hall–Kier alpha value is -3.91. The molecule has 0 bridgehead atoms. The van der Waals surface area contributed by atoms with Crippen LogP contribution in [0.2, 0.25) is 5.02 Å². The molecule has 9 heteroatoms. The molecule has 0 heterocycles. The van der Waals surface area contributed by atoms with Crippen LogP contribution < -0.4 is 14.9 Å². The second-order valence-corrected chi connectivity index (χ2v) is 7.00. The topological polar surface area (TPSA) is 103 Å². The van der Waals surface area contributed by atoms with Gasteiger partial charge in [-0.1, -0.05) is 29.8 Å². The number of hydrogen-bond acceptors (Lipinski definition) is 6. The molecule has 3 aromatic carbocycles. The zero-order valence-electron chi connectivity index (χ0n) is 17.2. The van der Waals surface area contributed by atoms with E-state index in [-0.39, 0.29) is 11.3 Å². The first kappa shape index (κ1) is 22.8. The number of nitro benzene ring substituents is 1. The monoisotopic (exact) mass is 453 g/mol. The molecular formula is C23H20ClN3O5. The highest BCUT2D eigenvalue weighted by Crippen LogP contribution is 2.29. The van der Waals surface area contributed by atoms with Gasteiger partial charge in [0.15, 0.2) is 11.5 Å². The van der Waals surface area contributed by atoms with Gasteiger partial charge in [0.05, 0.1) is 17.7 Å². The third kappa shape index (κ3) is 6.29. The van der Waals surface area contributed by atoms with Gasteiger partial charge in [0, 0.05) is 22.7 Å². The SMILES string of the molecule is CCOc1cc(/C=N/NC(=O)c2cccc([N+](=O)[O-])c2)ccc1OCc1cccc(Cl)c1. The lowest BCUT2D eigenvalue weighted by atomic mass is 10.2. The van der Waals surface area contributed by atoms with Gasteiger partial charge in [-0.15, -0.1) is 0 Å². The molecule has 3 rings (SSSR count). The van der Waals surface area contributed by atoms with Crippen LogP contribution in [0.5, 0.6) is 11.5 Å². The fourth-order valence-electron chi connectivity index (χ4n) is 2.77. The molecule has 0 radical (unpaired) electrons. The fourth-order valence-corrected chi connectivity index (χ4v) is 2.98. The van der Waals surface area contributed by atoms with Crippen LogP contribution in [0.3, 0.4) is 0 Å². The molecule has 0 spiro atoms. The van der Waals surface area contributed by atoms with Gasteiger partial charge < -0.3 is 9.47 Å². The van der Waals surface area contributed by atoms with Crippen molar-refractivity contribution in [2.75, 3.05) is 6.61 Å². The summed E-state index contributed by atoms with van der Waals surface area (Å²) in [5, 5.41) is 15.4. The minimum absolute atomic E-state index is 0.135. The number of amides is 1. The van der Waals surface area contributed by atoms with E-state index in [0.29, 0.717) is 35.3 Å². The summed E-state index contributed by atoms with van der Waals surface area (Å²) in [5.41, 5.74) is 3.91. The fraction of sp³-hybridized carbons (Fsp3) is 0.130. The van der Waals surface area contributed by atoms with Crippen molar-refractivity contribution in [3.05, 3.63) is 98.6 Å². The lowest BCUT2D eigenvalue weighted by Gasteiger charge is -2.12. The maximum atomic E-state index is 12.2. The van der Waals surface area contributed by atoms with Gasteiger partial charge in [-0.25, -0.2) is 5.43 Å². The number of hydrazone groups is 1. The molecule has 32 heavy (non-hydrogen) atoms. The predicted molar refractivity (Wildman–Crippen MR) is 122 cm³/mol. The minimum atomic E-state index is -0.564. The van der Waals surface area contributed by atoms with Crippen molar-refractivity contribution in [1.29, 1.82) is 0 Å². The third-order valence-electron chi connectivity index (χ3n) is 4.25. The second-order valence-electron chi connectivity index (χ2n) is 6.56. The molecule has 8 nitrogen and oxygen atoms in total. The molecule has 0 saturated carbocycles. The van der Waals surface area contributed by atoms with Gasteiger partial charge in [0.2, 0.25) is 0 Å². The Morgan fingerprint density at radius 1 is 1.09 bits per heavy atom. The average molecular weight is 454 g/mol. The van der Waals surface area contributed by atoms with Crippen LogP contribution in [0.15, 0.2) is 71.8 Å². The highest BCUT2D eigenvalue weighted by atomic mass is 35.5. The number of carbonyl (C=O) groups excluding carboxylic acids is 1. The van der Waals surface area contributed by atoms with Crippen molar-refractivity contribution in [1.82, 2.24) is 5.43 Å². The molecule has 164 valence electrons. The van der Waals surface area contributed by atoms with Crippen LogP contribution >= 0.6 is 11.6 Å². The molecule has 0 atom stereocenters. The lowest BCUT2D eigenvalue weighted by Crippen LogP contribution is -2.17. The van der Waals surface area contributed by atoms with E-state index in [1.807, 2.05) is 25.1 Å². The van der Waals surface area contributed by atoms with Crippen molar-refractivity contribution in [3.8, 4) is 11.5 Å². The number of carbonyl (C=O) groups is 1. The number of nitrogens with zero attached hydrogens (tertiary/aromatic N) is 2. The lowest BCUT2D eigenvalue weighted by molar-refractivity contribution is -0.384. The van der Waals surface area contributed by atoms with E-state index in [9.17, 15) is 14.9 Å². The molecular weight excluding hydrogens is 434 g/mol. The molecule has 0 unspecified atom stereocenters. The number of nitro groups is 1. The molecule has 1 N–H and O–H groups in total. The predicted octanol–water partition coefficient (Wildman–Crippen LogP) is 4.99. The van der Waals surface area contributed by atoms with E-state index in [0.717, 1.165) is 5.56 Å². The third-order valence-corrected chi connectivity index (χ3v) is 4.48. The van der Waals surface area contributed by atoms with Crippen LogP contribution in [-0.2, 0) is 6.61 Å². The molecule has 0 aliphatic carbocycles. The van der Waals surface area contributed by atoms with Crippen molar-refractivity contribution in [2.45, 2.75) is 13.5 Å². The summed E-state index contributed by atoms with van der Waals surface area (Å²) in [5.74, 6) is 0.532. The van der Waals surface area contributed by atoms with Crippen molar-refractivity contribution in [3.63, 3.8) is 0 Å². The second kappa shape index (κ2) is 10.9. The van der Waals surface area contributed by atoms with Crippen molar-refractivity contribution >= 4 is 29.4 Å². The Labute approximate surface area is 189 Å². The Kier molecular flexibility index (Phi) is 7.77. The first-order valence-corrected chi connectivity index (χ1v) is 10.1. The normalized spacial score (nSPS) is 10.7. The number of halogens is 1. The van der Waals surface area contributed by atoms with E-state index in [1.54, 1.807) is 24.3 Å². The Morgan fingerprint density at radius 3 is 2.66 bits per heavy atom. The summed E-state index contributed by atoms with van der Waals surface area (Å²) < 4.78 is 11.5.